The molecule has 0 bridgehead atoms. The van der Waals surface area contributed by atoms with Crippen molar-refractivity contribution in [2.45, 2.75) is 6.54 Å². The number of fused-ring (bicyclic) bond motifs is 1. The Morgan fingerprint density at radius 2 is 2.12 bits per heavy atom. The van der Waals surface area contributed by atoms with Gasteiger partial charge in [-0.15, -0.1) is 0 Å². The van der Waals surface area contributed by atoms with E-state index in [4.69, 9.17) is 5.73 Å². The van der Waals surface area contributed by atoms with Crippen molar-refractivity contribution in [1.29, 1.82) is 0 Å². The quantitative estimate of drug-likeness (QED) is 0.516. The molecule has 0 saturated carbocycles. The third kappa shape index (κ3) is 3.10. The molecule has 0 aliphatic rings. The van der Waals surface area contributed by atoms with E-state index in [0.717, 1.165) is 22.2 Å². The topological polar surface area (TPSA) is 110 Å². The zero-order valence-corrected chi connectivity index (χ0v) is 13.8. The number of nitrogens with one attached hydrogen (secondary N) is 2. The summed E-state index contributed by atoms with van der Waals surface area (Å²) in [5.41, 5.74) is 9.13. The highest BCUT2D eigenvalue weighted by Gasteiger charge is 2.12. The second-order valence-electron chi connectivity index (χ2n) is 5.80. The molecule has 0 fully saturated rings. The van der Waals surface area contributed by atoms with Crippen molar-refractivity contribution in [2.24, 2.45) is 5.73 Å². The van der Waals surface area contributed by atoms with Crippen LogP contribution in [0.5, 0.6) is 0 Å². The van der Waals surface area contributed by atoms with Gasteiger partial charge in [-0.2, -0.15) is 0 Å². The SMILES string of the molecule is NC(=O)c1ccnc(-c2cc(NCc3cccnc3)nc3[nH]ccc23)c1. The van der Waals surface area contributed by atoms with Gasteiger partial charge in [0.25, 0.3) is 0 Å². The average Bonchev–Trinajstić information content (AvgIpc) is 3.15. The summed E-state index contributed by atoms with van der Waals surface area (Å²) in [7, 11) is 0. The Hall–Kier alpha value is -3.74. The summed E-state index contributed by atoms with van der Waals surface area (Å²) in [4.78, 5) is 27.7. The Morgan fingerprint density at radius 1 is 1.19 bits per heavy atom. The van der Waals surface area contributed by atoms with E-state index >= 15 is 0 Å². The molecule has 4 rings (SSSR count). The van der Waals surface area contributed by atoms with Crippen molar-refractivity contribution < 1.29 is 4.79 Å². The highest BCUT2D eigenvalue weighted by molar-refractivity contribution is 5.97. The van der Waals surface area contributed by atoms with Crippen molar-refractivity contribution in [2.75, 3.05) is 5.32 Å². The molecule has 1 amide bonds. The first-order chi connectivity index (χ1) is 12.7. The molecule has 0 radical (unpaired) electrons. The monoisotopic (exact) mass is 344 g/mol. The van der Waals surface area contributed by atoms with E-state index in [-0.39, 0.29) is 0 Å². The molecule has 128 valence electrons. The predicted octanol–water partition coefficient (Wildman–Crippen LogP) is 2.73. The standard InChI is InChI=1S/C19H16N6O/c20-18(26)13-3-6-22-16(8-13)15-9-17(25-19-14(15)4-7-23-19)24-11-12-2-1-5-21-10-12/h1-10H,11H2,(H2,20,26)(H2,23,24,25). The number of nitrogens with two attached hydrogens (primary N) is 1. The summed E-state index contributed by atoms with van der Waals surface area (Å²) in [5.74, 6) is 0.216. The minimum atomic E-state index is -0.483. The number of primary amides is 1. The van der Waals surface area contributed by atoms with Gasteiger partial charge in [0.05, 0.1) is 5.69 Å². The summed E-state index contributed by atoms with van der Waals surface area (Å²) in [6.07, 6.45) is 6.95. The fourth-order valence-electron chi connectivity index (χ4n) is 2.77. The summed E-state index contributed by atoms with van der Waals surface area (Å²) in [5, 5.41) is 4.22. The number of pyridine rings is 3. The fourth-order valence-corrected chi connectivity index (χ4v) is 2.77. The number of nitrogens with zero attached hydrogens (tertiary/aromatic N) is 3. The second-order valence-corrected chi connectivity index (χ2v) is 5.80. The minimum absolute atomic E-state index is 0.417. The number of aromatic nitrogens is 4. The number of hydrogen-bond donors (Lipinski definition) is 3. The Bertz CT molecular complexity index is 1070. The van der Waals surface area contributed by atoms with Crippen molar-refractivity contribution in [3.8, 4) is 11.3 Å². The van der Waals surface area contributed by atoms with E-state index in [1.807, 2.05) is 30.5 Å². The van der Waals surface area contributed by atoms with Crippen LogP contribution in [0.15, 0.2) is 61.2 Å². The van der Waals surface area contributed by atoms with E-state index < -0.39 is 5.91 Å². The van der Waals surface area contributed by atoms with Crippen LogP contribution < -0.4 is 11.1 Å². The van der Waals surface area contributed by atoms with Crippen LogP contribution in [-0.2, 0) is 6.54 Å². The Kier molecular flexibility index (Phi) is 4.03. The third-order valence-corrected chi connectivity index (χ3v) is 4.05. The normalized spacial score (nSPS) is 10.8. The number of amides is 1. The van der Waals surface area contributed by atoms with Gasteiger partial charge in [0.15, 0.2) is 0 Å². The lowest BCUT2D eigenvalue weighted by Crippen LogP contribution is -2.11. The predicted molar refractivity (Wildman–Crippen MR) is 99.4 cm³/mol. The smallest absolute Gasteiger partial charge is 0.248 e. The summed E-state index contributed by atoms with van der Waals surface area (Å²) >= 11 is 0. The van der Waals surface area contributed by atoms with Crippen LogP contribution in [0, 0.1) is 0 Å². The number of aromatic amines is 1. The Balaban J connectivity index is 1.73. The van der Waals surface area contributed by atoms with Crippen LogP contribution in [0.3, 0.4) is 0 Å². The lowest BCUT2D eigenvalue weighted by molar-refractivity contribution is 0.1000. The van der Waals surface area contributed by atoms with E-state index in [1.54, 1.807) is 30.7 Å². The Morgan fingerprint density at radius 3 is 2.92 bits per heavy atom. The van der Waals surface area contributed by atoms with Gasteiger partial charge in [-0.05, 0) is 35.9 Å². The first-order valence-corrected chi connectivity index (χ1v) is 8.08. The molecule has 0 aliphatic carbocycles. The second kappa shape index (κ2) is 6.64. The van der Waals surface area contributed by atoms with Crippen molar-refractivity contribution in [3.05, 3.63) is 72.3 Å². The van der Waals surface area contributed by atoms with E-state index in [0.29, 0.717) is 23.6 Å². The van der Waals surface area contributed by atoms with Crippen molar-refractivity contribution in [3.63, 3.8) is 0 Å². The first kappa shape index (κ1) is 15.8. The molecule has 4 heterocycles. The van der Waals surface area contributed by atoms with Crippen LogP contribution in [0.2, 0.25) is 0 Å². The zero-order chi connectivity index (χ0) is 17.9. The molecular weight excluding hydrogens is 328 g/mol. The van der Waals surface area contributed by atoms with Crippen LogP contribution in [0.25, 0.3) is 22.3 Å². The Labute approximate surface area is 149 Å². The number of carbonyl (C=O) groups excluding carboxylic acids is 1. The number of H-pyrrole nitrogens is 1. The molecule has 7 nitrogen and oxygen atoms in total. The van der Waals surface area contributed by atoms with Crippen LogP contribution in [0.1, 0.15) is 15.9 Å². The number of carbonyl (C=O) groups is 1. The number of rotatable bonds is 5. The van der Waals surface area contributed by atoms with Crippen LogP contribution >= 0.6 is 0 Å². The molecule has 0 aliphatic heterocycles. The van der Waals surface area contributed by atoms with Gasteiger partial charge < -0.3 is 16.0 Å². The molecule has 7 heteroatoms. The van der Waals surface area contributed by atoms with E-state index in [2.05, 4.69) is 25.3 Å². The maximum atomic E-state index is 11.5. The highest BCUT2D eigenvalue weighted by Crippen LogP contribution is 2.29. The van der Waals surface area contributed by atoms with Crippen LogP contribution in [0.4, 0.5) is 5.82 Å². The van der Waals surface area contributed by atoms with E-state index in [1.165, 1.54) is 0 Å². The molecule has 0 atom stereocenters. The van der Waals surface area contributed by atoms with Gasteiger partial charge in [0.2, 0.25) is 5.91 Å². The maximum absolute atomic E-state index is 11.5. The molecule has 4 N–H and O–H groups in total. The molecule has 4 aromatic heterocycles. The van der Waals surface area contributed by atoms with E-state index in [9.17, 15) is 4.79 Å². The average molecular weight is 344 g/mol. The maximum Gasteiger partial charge on any atom is 0.248 e. The fraction of sp³-hybridized carbons (Fsp3) is 0.0526. The third-order valence-electron chi connectivity index (χ3n) is 4.05. The molecule has 0 aromatic carbocycles. The van der Waals surface area contributed by atoms with Gasteiger partial charge >= 0.3 is 0 Å². The van der Waals surface area contributed by atoms with Gasteiger partial charge in [-0.25, -0.2) is 4.98 Å². The van der Waals surface area contributed by atoms with Gasteiger partial charge in [0, 0.05) is 47.8 Å². The molecule has 26 heavy (non-hydrogen) atoms. The van der Waals surface area contributed by atoms with Gasteiger partial charge in [-0.3, -0.25) is 14.8 Å². The summed E-state index contributed by atoms with van der Waals surface area (Å²) in [6, 6.07) is 11.0. The summed E-state index contributed by atoms with van der Waals surface area (Å²) < 4.78 is 0. The number of anilines is 1. The molecule has 0 spiro atoms. The molecule has 0 unspecified atom stereocenters. The minimum Gasteiger partial charge on any atom is -0.366 e. The van der Waals surface area contributed by atoms with Crippen LogP contribution in [-0.4, -0.2) is 25.8 Å². The molecular formula is C19H16N6O. The van der Waals surface area contributed by atoms with Crippen molar-refractivity contribution in [1.82, 2.24) is 19.9 Å². The molecule has 4 aromatic rings. The highest BCUT2D eigenvalue weighted by atomic mass is 16.1. The number of hydrogen-bond acceptors (Lipinski definition) is 5. The zero-order valence-electron chi connectivity index (χ0n) is 13.8. The summed E-state index contributed by atoms with van der Waals surface area (Å²) in [6.45, 7) is 0.598. The lowest BCUT2D eigenvalue weighted by atomic mass is 10.1. The van der Waals surface area contributed by atoms with Gasteiger partial charge in [0.1, 0.15) is 11.5 Å². The van der Waals surface area contributed by atoms with Gasteiger partial charge in [-0.1, -0.05) is 6.07 Å². The lowest BCUT2D eigenvalue weighted by Gasteiger charge is -2.09. The van der Waals surface area contributed by atoms with Crippen molar-refractivity contribution >= 4 is 22.8 Å². The molecule has 0 saturated heterocycles. The largest absolute Gasteiger partial charge is 0.366 e. The first-order valence-electron chi connectivity index (χ1n) is 8.08.